The molecule has 0 spiro atoms. The van der Waals surface area contributed by atoms with Gasteiger partial charge in [-0.2, -0.15) is 0 Å². The Hall–Kier alpha value is -1.47. The summed E-state index contributed by atoms with van der Waals surface area (Å²) in [5.41, 5.74) is -0.0156. The minimum Gasteiger partial charge on any atom is -0.404 e. The van der Waals surface area contributed by atoms with E-state index in [2.05, 4.69) is 4.74 Å². The van der Waals surface area contributed by atoms with Gasteiger partial charge in [0.2, 0.25) is 0 Å². The van der Waals surface area contributed by atoms with E-state index in [9.17, 15) is 18.0 Å². The van der Waals surface area contributed by atoms with Gasteiger partial charge in [-0.25, -0.2) is 0 Å². The van der Waals surface area contributed by atoms with Gasteiger partial charge in [-0.1, -0.05) is 11.6 Å². The molecule has 1 aromatic carbocycles. The second-order valence-electron chi connectivity index (χ2n) is 3.76. The minimum absolute atomic E-state index is 0.0156. The summed E-state index contributed by atoms with van der Waals surface area (Å²) in [6.45, 7) is 0.203. The minimum atomic E-state index is -4.84. The molecule has 0 saturated carbocycles. The van der Waals surface area contributed by atoms with E-state index in [1.807, 2.05) is 0 Å². The van der Waals surface area contributed by atoms with E-state index in [-0.39, 0.29) is 30.5 Å². The summed E-state index contributed by atoms with van der Waals surface area (Å²) in [6, 6.07) is 3.59. The fourth-order valence-corrected chi connectivity index (χ4v) is 1.85. The molecule has 0 N–H and O–H groups in total. The molecule has 19 heavy (non-hydrogen) atoms. The third kappa shape index (κ3) is 3.51. The maximum absolute atomic E-state index is 12.3. The molecule has 1 heterocycles. The molecule has 1 aliphatic rings. The standard InChI is InChI=1S/C11H9ClF3NO3/c12-7-1-2-9(19-11(13,14)15)8(5-7)16-3-4-18-6-10(16)17/h1-2,5H,3-4,6H2. The van der Waals surface area contributed by atoms with Gasteiger partial charge < -0.3 is 14.4 Å². The van der Waals surface area contributed by atoms with Crippen LogP contribution < -0.4 is 9.64 Å². The molecule has 104 valence electrons. The number of benzene rings is 1. The van der Waals surface area contributed by atoms with Crippen LogP contribution in [0.5, 0.6) is 5.75 Å². The zero-order valence-electron chi connectivity index (χ0n) is 9.54. The van der Waals surface area contributed by atoms with Crippen LogP contribution in [0.1, 0.15) is 0 Å². The predicted octanol–water partition coefficient (Wildman–Crippen LogP) is 2.60. The molecule has 0 aromatic heterocycles. The smallest absolute Gasteiger partial charge is 0.404 e. The van der Waals surface area contributed by atoms with Gasteiger partial charge in [0.05, 0.1) is 12.3 Å². The fourth-order valence-electron chi connectivity index (χ4n) is 1.69. The van der Waals surface area contributed by atoms with E-state index in [0.717, 1.165) is 11.0 Å². The zero-order valence-corrected chi connectivity index (χ0v) is 10.3. The van der Waals surface area contributed by atoms with Crippen molar-refractivity contribution in [1.29, 1.82) is 0 Å². The molecular weight excluding hydrogens is 287 g/mol. The van der Waals surface area contributed by atoms with Crippen LogP contribution in [0, 0.1) is 0 Å². The molecule has 1 amide bonds. The number of anilines is 1. The van der Waals surface area contributed by atoms with Gasteiger partial charge in [0.1, 0.15) is 6.61 Å². The number of amides is 1. The highest BCUT2D eigenvalue weighted by Gasteiger charge is 2.34. The van der Waals surface area contributed by atoms with E-state index in [1.54, 1.807) is 0 Å². The number of morpholine rings is 1. The number of alkyl halides is 3. The molecule has 1 fully saturated rings. The molecule has 1 saturated heterocycles. The summed E-state index contributed by atoms with van der Waals surface area (Å²) >= 11 is 5.75. The Balaban J connectivity index is 2.36. The van der Waals surface area contributed by atoms with Crippen LogP contribution in [0.15, 0.2) is 18.2 Å². The van der Waals surface area contributed by atoms with Gasteiger partial charge in [-0.3, -0.25) is 4.79 Å². The summed E-state index contributed by atoms with van der Waals surface area (Å²) in [7, 11) is 0. The first-order chi connectivity index (χ1) is 8.87. The average molecular weight is 296 g/mol. The van der Waals surface area contributed by atoms with Crippen LogP contribution in [0.25, 0.3) is 0 Å². The second-order valence-corrected chi connectivity index (χ2v) is 4.19. The van der Waals surface area contributed by atoms with E-state index in [4.69, 9.17) is 16.3 Å². The highest BCUT2D eigenvalue weighted by Crippen LogP contribution is 2.35. The molecule has 0 bridgehead atoms. The van der Waals surface area contributed by atoms with Crippen LogP contribution in [-0.2, 0) is 9.53 Å². The Kier molecular flexibility index (Phi) is 3.86. The van der Waals surface area contributed by atoms with Crippen LogP contribution in [-0.4, -0.2) is 32.0 Å². The van der Waals surface area contributed by atoms with Crippen LogP contribution in [0.2, 0.25) is 5.02 Å². The number of hydrogen-bond donors (Lipinski definition) is 0. The number of hydrogen-bond acceptors (Lipinski definition) is 3. The van der Waals surface area contributed by atoms with Gasteiger partial charge in [0.25, 0.3) is 5.91 Å². The SMILES string of the molecule is O=C1COCCN1c1cc(Cl)ccc1OC(F)(F)F. The van der Waals surface area contributed by atoms with Crippen molar-refractivity contribution in [3.63, 3.8) is 0 Å². The molecular formula is C11H9ClF3NO3. The molecule has 8 heteroatoms. The average Bonchev–Trinajstić information content (AvgIpc) is 2.31. The van der Waals surface area contributed by atoms with Gasteiger partial charge in [-0.15, -0.1) is 13.2 Å². The molecule has 0 aliphatic carbocycles. The topological polar surface area (TPSA) is 38.8 Å². The lowest BCUT2D eigenvalue weighted by atomic mass is 10.2. The lowest BCUT2D eigenvalue weighted by Gasteiger charge is -2.28. The summed E-state index contributed by atoms with van der Waals surface area (Å²) in [5, 5.41) is 0.212. The largest absolute Gasteiger partial charge is 0.573 e. The monoisotopic (exact) mass is 295 g/mol. The number of carbonyl (C=O) groups excluding carboxylic acids is 1. The Morgan fingerprint density at radius 3 is 2.74 bits per heavy atom. The molecule has 2 rings (SSSR count). The van der Waals surface area contributed by atoms with E-state index < -0.39 is 18.0 Å². The third-order valence-corrected chi connectivity index (χ3v) is 2.66. The van der Waals surface area contributed by atoms with Crippen molar-refractivity contribution >= 4 is 23.2 Å². The zero-order chi connectivity index (χ0) is 14.0. The molecule has 4 nitrogen and oxygen atoms in total. The normalized spacial score (nSPS) is 16.6. The first-order valence-corrected chi connectivity index (χ1v) is 5.68. The Morgan fingerprint density at radius 1 is 1.37 bits per heavy atom. The van der Waals surface area contributed by atoms with Gasteiger partial charge in [0, 0.05) is 11.6 Å². The van der Waals surface area contributed by atoms with Gasteiger partial charge in [0.15, 0.2) is 5.75 Å². The highest BCUT2D eigenvalue weighted by molar-refractivity contribution is 6.31. The van der Waals surface area contributed by atoms with Crippen molar-refractivity contribution in [3.8, 4) is 5.75 Å². The van der Waals surface area contributed by atoms with Crippen LogP contribution in [0.3, 0.4) is 0 Å². The first kappa shape index (κ1) is 14.0. The molecule has 0 atom stereocenters. The summed E-state index contributed by atoms with van der Waals surface area (Å²) in [5.74, 6) is -0.910. The molecule has 1 aromatic rings. The summed E-state index contributed by atoms with van der Waals surface area (Å²) < 4.78 is 45.7. The lowest BCUT2D eigenvalue weighted by molar-refractivity contribution is -0.274. The van der Waals surface area contributed by atoms with E-state index >= 15 is 0 Å². The quantitative estimate of drug-likeness (QED) is 0.842. The van der Waals surface area contributed by atoms with Gasteiger partial charge in [-0.05, 0) is 18.2 Å². The number of halogens is 4. The predicted molar refractivity (Wildman–Crippen MR) is 61.3 cm³/mol. The Bertz CT molecular complexity index is 493. The number of carbonyl (C=O) groups is 1. The van der Waals surface area contributed by atoms with Gasteiger partial charge >= 0.3 is 6.36 Å². The lowest BCUT2D eigenvalue weighted by Crippen LogP contribution is -2.42. The molecule has 0 radical (unpaired) electrons. The van der Waals surface area contributed by atoms with Crippen molar-refractivity contribution in [2.24, 2.45) is 0 Å². The Labute approximate surface area is 111 Å². The van der Waals surface area contributed by atoms with Crippen molar-refractivity contribution in [2.45, 2.75) is 6.36 Å². The van der Waals surface area contributed by atoms with E-state index in [1.165, 1.54) is 12.1 Å². The summed E-state index contributed by atoms with van der Waals surface area (Å²) in [4.78, 5) is 12.8. The van der Waals surface area contributed by atoms with Crippen LogP contribution >= 0.6 is 11.6 Å². The van der Waals surface area contributed by atoms with Crippen molar-refractivity contribution in [1.82, 2.24) is 0 Å². The van der Waals surface area contributed by atoms with Crippen molar-refractivity contribution < 1.29 is 27.4 Å². The van der Waals surface area contributed by atoms with Crippen molar-refractivity contribution in [2.75, 3.05) is 24.7 Å². The van der Waals surface area contributed by atoms with E-state index in [0.29, 0.717) is 0 Å². The second kappa shape index (κ2) is 5.26. The number of nitrogens with zero attached hydrogens (tertiary/aromatic N) is 1. The number of ether oxygens (including phenoxy) is 2. The fraction of sp³-hybridized carbons (Fsp3) is 0.364. The highest BCUT2D eigenvalue weighted by atomic mass is 35.5. The maximum atomic E-state index is 12.3. The summed E-state index contributed by atoms with van der Waals surface area (Å²) in [6.07, 6.45) is -4.84. The maximum Gasteiger partial charge on any atom is 0.573 e. The Morgan fingerprint density at radius 2 is 2.11 bits per heavy atom. The first-order valence-electron chi connectivity index (χ1n) is 5.30. The number of rotatable bonds is 2. The molecule has 0 unspecified atom stereocenters. The molecule has 1 aliphatic heterocycles. The van der Waals surface area contributed by atoms with Crippen molar-refractivity contribution in [3.05, 3.63) is 23.2 Å². The van der Waals surface area contributed by atoms with Crippen LogP contribution in [0.4, 0.5) is 18.9 Å². The third-order valence-electron chi connectivity index (χ3n) is 2.42.